The standard InChI is InChI=1S/C28H31N6O7P/c1-18(28(37)38)32-42(39,41-20-9-4-3-5-10-20)40-15-14-33(2)27(36)25-21-17-34(13-12-23(21)30-31-25)26(35)24-16-19-8-6-7-11-22(19)29-24/h3-11,16,18,29H,12-15,17H2,1-2H3,(H,30,31)(H,32,39)(H,37,38)/t18-,42?/m0/s1. The van der Waals surface area contributed by atoms with Crippen LogP contribution in [-0.2, 0) is 26.8 Å². The van der Waals surface area contributed by atoms with E-state index in [0.717, 1.165) is 16.6 Å². The van der Waals surface area contributed by atoms with E-state index in [0.29, 0.717) is 24.2 Å². The average molecular weight is 595 g/mol. The summed E-state index contributed by atoms with van der Waals surface area (Å²) in [6, 6.07) is 16.4. The second-order valence-electron chi connectivity index (χ2n) is 9.93. The van der Waals surface area contributed by atoms with Gasteiger partial charge in [-0.05, 0) is 31.2 Å². The summed E-state index contributed by atoms with van der Waals surface area (Å²) in [7, 11) is -2.57. The third-order valence-electron chi connectivity index (χ3n) is 6.91. The number of carboxylic acid groups (broad SMARTS) is 1. The van der Waals surface area contributed by atoms with Crippen molar-refractivity contribution in [2.45, 2.75) is 25.9 Å². The van der Waals surface area contributed by atoms with Crippen LogP contribution in [0.1, 0.15) is 39.2 Å². The Kier molecular flexibility index (Phi) is 8.44. The van der Waals surface area contributed by atoms with Crippen molar-refractivity contribution in [2.75, 3.05) is 26.7 Å². The number of para-hydroxylation sites is 2. The number of nitrogens with one attached hydrogen (secondary N) is 3. The molecule has 0 radical (unpaired) electrons. The molecule has 2 aromatic carbocycles. The lowest BCUT2D eigenvalue weighted by Gasteiger charge is -2.27. The molecule has 3 heterocycles. The molecule has 1 aliphatic rings. The molecule has 0 spiro atoms. The number of hydrogen-bond acceptors (Lipinski definition) is 7. The van der Waals surface area contributed by atoms with Gasteiger partial charge >= 0.3 is 13.7 Å². The molecule has 2 aromatic heterocycles. The summed E-state index contributed by atoms with van der Waals surface area (Å²) in [5.74, 6) is -1.59. The second-order valence-corrected chi connectivity index (χ2v) is 11.6. The van der Waals surface area contributed by atoms with Crippen LogP contribution in [0.4, 0.5) is 0 Å². The summed E-state index contributed by atoms with van der Waals surface area (Å²) in [5, 5.41) is 19.8. The van der Waals surface area contributed by atoms with Crippen LogP contribution < -0.4 is 9.61 Å². The molecule has 5 rings (SSSR count). The monoisotopic (exact) mass is 594 g/mol. The van der Waals surface area contributed by atoms with Gasteiger partial charge in [-0.1, -0.05) is 36.4 Å². The summed E-state index contributed by atoms with van der Waals surface area (Å²) >= 11 is 0. The van der Waals surface area contributed by atoms with Gasteiger partial charge in [0, 0.05) is 48.7 Å². The van der Waals surface area contributed by atoms with Crippen molar-refractivity contribution in [1.82, 2.24) is 30.1 Å². The number of carboxylic acids is 1. The third-order valence-corrected chi connectivity index (χ3v) is 8.59. The zero-order valence-corrected chi connectivity index (χ0v) is 24.0. The number of amides is 2. The fraction of sp³-hybridized carbons (Fsp3) is 0.286. The molecule has 0 fully saturated rings. The van der Waals surface area contributed by atoms with E-state index in [2.05, 4.69) is 20.3 Å². The number of benzene rings is 2. The highest BCUT2D eigenvalue weighted by Crippen LogP contribution is 2.44. The Morgan fingerprint density at radius 1 is 1.17 bits per heavy atom. The maximum atomic E-state index is 13.4. The van der Waals surface area contributed by atoms with Gasteiger partial charge in [0.05, 0.1) is 13.2 Å². The van der Waals surface area contributed by atoms with Crippen LogP contribution in [-0.4, -0.2) is 80.7 Å². The maximum Gasteiger partial charge on any atom is 0.459 e. The Morgan fingerprint density at radius 2 is 1.90 bits per heavy atom. The average Bonchev–Trinajstić information content (AvgIpc) is 3.61. The molecule has 1 aliphatic heterocycles. The van der Waals surface area contributed by atoms with Gasteiger partial charge < -0.3 is 24.4 Å². The van der Waals surface area contributed by atoms with Crippen LogP contribution in [0.25, 0.3) is 10.9 Å². The fourth-order valence-corrected chi connectivity index (χ4v) is 6.07. The molecule has 0 saturated carbocycles. The molecular formula is C28H31N6O7P. The molecule has 2 amide bonds. The smallest absolute Gasteiger partial charge is 0.459 e. The van der Waals surface area contributed by atoms with Crippen molar-refractivity contribution in [3.8, 4) is 5.75 Å². The van der Waals surface area contributed by atoms with Crippen molar-refractivity contribution < 1.29 is 33.1 Å². The van der Waals surface area contributed by atoms with Crippen LogP contribution >= 0.6 is 7.75 Å². The lowest BCUT2D eigenvalue weighted by molar-refractivity contribution is -0.138. The van der Waals surface area contributed by atoms with Gasteiger partial charge in [0.25, 0.3) is 11.8 Å². The number of fused-ring (bicyclic) bond motifs is 2. The van der Waals surface area contributed by atoms with Crippen molar-refractivity contribution >= 4 is 36.4 Å². The lowest BCUT2D eigenvalue weighted by atomic mass is 10.0. The summed E-state index contributed by atoms with van der Waals surface area (Å²) in [6.07, 6.45) is 0.516. The molecule has 0 aliphatic carbocycles. The van der Waals surface area contributed by atoms with E-state index >= 15 is 0 Å². The minimum Gasteiger partial charge on any atom is -0.480 e. The molecule has 42 heavy (non-hydrogen) atoms. The molecule has 2 atom stereocenters. The minimum absolute atomic E-state index is 0.00342. The normalized spacial score (nSPS) is 15.0. The predicted octanol–water partition coefficient (Wildman–Crippen LogP) is 3.43. The number of carbonyl (C=O) groups excluding carboxylic acids is 2. The fourth-order valence-electron chi connectivity index (χ4n) is 4.59. The number of hydrogen-bond donors (Lipinski definition) is 4. The zero-order valence-electron chi connectivity index (χ0n) is 23.1. The molecule has 0 saturated heterocycles. The number of nitrogens with zero attached hydrogens (tertiary/aromatic N) is 3. The first-order valence-corrected chi connectivity index (χ1v) is 14.9. The Balaban J connectivity index is 1.23. The largest absolute Gasteiger partial charge is 0.480 e. The molecule has 4 N–H and O–H groups in total. The summed E-state index contributed by atoms with van der Waals surface area (Å²) in [5.41, 5.74) is 2.95. The second kappa shape index (κ2) is 12.2. The van der Waals surface area contributed by atoms with Gasteiger partial charge in [0.15, 0.2) is 5.69 Å². The van der Waals surface area contributed by atoms with Crippen LogP contribution in [0, 0.1) is 0 Å². The molecule has 0 bridgehead atoms. The highest BCUT2D eigenvalue weighted by atomic mass is 31.2. The Bertz CT molecular complexity index is 1620. The number of aliphatic carboxylic acids is 1. The number of likely N-dealkylation sites (N-methyl/N-ethyl adjacent to an activating group) is 1. The zero-order chi connectivity index (χ0) is 29.9. The summed E-state index contributed by atoms with van der Waals surface area (Å²) < 4.78 is 24.4. The molecular weight excluding hydrogens is 563 g/mol. The van der Waals surface area contributed by atoms with Gasteiger partial charge in [-0.25, -0.2) is 4.57 Å². The molecule has 13 nitrogen and oxygen atoms in total. The van der Waals surface area contributed by atoms with Gasteiger partial charge in [0.2, 0.25) is 0 Å². The van der Waals surface area contributed by atoms with Gasteiger partial charge in [-0.2, -0.15) is 10.2 Å². The highest BCUT2D eigenvalue weighted by molar-refractivity contribution is 7.52. The highest BCUT2D eigenvalue weighted by Gasteiger charge is 2.33. The first kappa shape index (κ1) is 29.1. The first-order valence-electron chi connectivity index (χ1n) is 13.3. The van der Waals surface area contributed by atoms with Crippen LogP contribution in [0.5, 0.6) is 5.75 Å². The SMILES string of the molecule is C[C@H](NP(=O)(OCCN(C)C(=O)c1n[nH]c2c1CN(C(=O)c1cc3ccccc3[nH]1)CC2)Oc1ccccc1)C(=O)O. The third kappa shape index (κ3) is 6.38. The van der Waals surface area contributed by atoms with E-state index in [1.165, 1.54) is 11.8 Å². The molecule has 4 aromatic rings. The van der Waals surface area contributed by atoms with E-state index in [1.54, 1.807) is 42.3 Å². The van der Waals surface area contributed by atoms with Crippen molar-refractivity contribution in [3.05, 3.63) is 83.3 Å². The summed E-state index contributed by atoms with van der Waals surface area (Å²) in [6.45, 7) is 1.78. The van der Waals surface area contributed by atoms with Crippen LogP contribution in [0.2, 0.25) is 0 Å². The maximum absolute atomic E-state index is 13.4. The van der Waals surface area contributed by atoms with Gasteiger partial charge in [-0.15, -0.1) is 0 Å². The molecule has 14 heteroatoms. The first-order chi connectivity index (χ1) is 20.1. The van der Waals surface area contributed by atoms with E-state index in [1.807, 2.05) is 30.3 Å². The van der Waals surface area contributed by atoms with Gasteiger partial charge in [-0.3, -0.25) is 24.0 Å². The van der Waals surface area contributed by atoms with Crippen molar-refractivity contribution in [3.63, 3.8) is 0 Å². The minimum atomic E-state index is -4.11. The Hall–Kier alpha value is -4.45. The van der Waals surface area contributed by atoms with Crippen LogP contribution in [0.15, 0.2) is 60.7 Å². The van der Waals surface area contributed by atoms with E-state index < -0.39 is 25.7 Å². The topological polar surface area (TPSA) is 170 Å². The Labute approximate surface area is 241 Å². The number of H-pyrrole nitrogens is 2. The van der Waals surface area contributed by atoms with Crippen molar-refractivity contribution in [1.29, 1.82) is 0 Å². The van der Waals surface area contributed by atoms with Gasteiger partial charge in [0.1, 0.15) is 17.5 Å². The summed E-state index contributed by atoms with van der Waals surface area (Å²) in [4.78, 5) is 44.1. The van der Waals surface area contributed by atoms with Crippen LogP contribution in [0.3, 0.4) is 0 Å². The number of aromatic nitrogens is 3. The molecule has 220 valence electrons. The number of carbonyl (C=O) groups is 3. The predicted molar refractivity (Wildman–Crippen MR) is 153 cm³/mol. The van der Waals surface area contributed by atoms with E-state index in [4.69, 9.17) is 9.05 Å². The number of rotatable bonds is 11. The van der Waals surface area contributed by atoms with Crippen molar-refractivity contribution in [2.24, 2.45) is 0 Å². The molecule has 1 unspecified atom stereocenters. The lowest BCUT2D eigenvalue weighted by Crippen LogP contribution is -2.38. The van der Waals surface area contributed by atoms with E-state index in [-0.39, 0.29) is 37.0 Å². The number of aromatic amines is 2. The Morgan fingerprint density at radius 3 is 2.64 bits per heavy atom. The quantitative estimate of drug-likeness (QED) is 0.190. The van der Waals surface area contributed by atoms with E-state index in [9.17, 15) is 24.1 Å².